The zero-order valence-electron chi connectivity index (χ0n) is 11.6. The summed E-state index contributed by atoms with van der Waals surface area (Å²) in [4.78, 5) is 16.8. The van der Waals surface area contributed by atoms with E-state index in [0.29, 0.717) is 11.3 Å². The Labute approximate surface area is 122 Å². The molecule has 0 saturated carbocycles. The number of nitrogens with one attached hydrogen (secondary N) is 1. The largest absolute Gasteiger partial charge is 0.399 e. The standard InChI is InChI=1S/C17H15N3O/c1-11-10-12(18)6-7-15(11)20-17(21)14-8-9-19-16-5-3-2-4-13(14)16/h2-10H,18H2,1H3,(H,20,21). The lowest BCUT2D eigenvalue weighted by Gasteiger charge is -2.10. The number of carbonyl (C=O) groups is 1. The number of benzene rings is 2. The lowest BCUT2D eigenvalue weighted by Crippen LogP contribution is -2.13. The molecule has 0 atom stereocenters. The topological polar surface area (TPSA) is 68.0 Å². The number of pyridine rings is 1. The molecule has 3 aromatic rings. The highest BCUT2D eigenvalue weighted by Crippen LogP contribution is 2.21. The van der Waals surface area contributed by atoms with Gasteiger partial charge in [0.05, 0.1) is 11.1 Å². The van der Waals surface area contributed by atoms with Gasteiger partial charge >= 0.3 is 0 Å². The first-order valence-corrected chi connectivity index (χ1v) is 6.66. The maximum atomic E-state index is 12.5. The molecule has 2 aromatic carbocycles. The van der Waals surface area contributed by atoms with Crippen LogP contribution in [0.1, 0.15) is 15.9 Å². The summed E-state index contributed by atoms with van der Waals surface area (Å²) in [6, 6.07) is 14.7. The van der Waals surface area contributed by atoms with Crippen LogP contribution in [0.25, 0.3) is 10.9 Å². The van der Waals surface area contributed by atoms with Crippen molar-refractivity contribution in [1.82, 2.24) is 4.98 Å². The van der Waals surface area contributed by atoms with Gasteiger partial charge < -0.3 is 11.1 Å². The summed E-state index contributed by atoms with van der Waals surface area (Å²) in [6.07, 6.45) is 1.65. The molecule has 0 unspecified atom stereocenters. The molecular weight excluding hydrogens is 262 g/mol. The van der Waals surface area contributed by atoms with E-state index in [1.807, 2.05) is 43.3 Å². The number of aromatic nitrogens is 1. The van der Waals surface area contributed by atoms with Crippen LogP contribution in [0.4, 0.5) is 11.4 Å². The first kappa shape index (κ1) is 13.1. The number of hydrogen-bond acceptors (Lipinski definition) is 3. The molecule has 0 aliphatic carbocycles. The Bertz CT molecular complexity index is 822. The van der Waals surface area contributed by atoms with E-state index in [-0.39, 0.29) is 5.91 Å². The lowest BCUT2D eigenvalue weighted by atomic mass is 10.1. The molecule has 21 heavy (non-hydrogen) atoms. The van der Waals surface area contributed by atoms with Crippen molar-refractivity contribution in [2.24, 2.45) is 0 Å². The molecule has 0 aliphatic heterocycles. The van der Waals surface area contributed by atoms with E-state index >= 15 is 0 Å². The van der Waals surface area contributed by atoms with E-state index in [4.69, 9.17) is 5.73 Å². The van der Waals surface area contributed by atoms with Crippen LogP contribution < -0.4 is 11.1 Å². The van der Waals surface area contributed by atoms with Crippen molar-refractivity contribution in [3.8, 4) is 0 Å². The summed E-state index contributed by atoms with van der Waals surface area (Å²) in [5.74, 6) is -0.151. The molecule has 4 heteroatoms. The van der Waals surface area contributed by atoms with Gasteiger partial charge in [-0.05, 0) is 42.8 Å². The van der Waals surface area contributed by atoms with Crippen LogP contribution >= 0.6 is 0 Å². The first-order valence-electron chi connectivity index (χ1n) is 6.66. The second-order valence-corrected chi connectivity index (χ2v) is 4.90. The van der Waals surface area contributed by atoms with Crippen molar-refractivity contribution in [2.75, 3.05) is 11.1 Å². The molecule has 0 bridgehead atoms. The van der Waals surface area contributed by atoms with Crippen molar-refractivity contribution >= 4 is 28.2 Å². The number of nitrogen functional groups attached to an aromatic ring is 1. The number of amides is 1. The van der Waals surface area contributed by atoms with Crippen LogP contribution in [0.3, 0.4) is 0 Å². The zero-order chi connectivity index (χ0) is 14.8. The maximum Gasteiger partial charge on any atom is 0.256 e. The highest BCUT2D eigenvalue weighted by molar-refractivity contribution is 6.12. The summed E-state index contributed by atoms with van der Waals surface area (Å²) >= 11 is 0. The molecular formula is C17H15N3O. The molecule has 0 aliphatic rings. The highest BCUT2D eigenvalue weighted by Gasteiger charge is 2.11. The van der Waals surface area contributed by atoms with Crippen molar-refractivity contribution in [3.63, 3.8) is 0 Å². The Morgan fingerprint density at radius 1 is 1.14 bits per heavy atom. The number of nitrogens with zero attached hydrogens (tertiary/aromatic N) is 1. The van der Waals surface area contributed by atoms with E-state index in [0.717, 1.165) is 22.2 Å². The van der Waals surface area contributed by atoms with Crippen LogP contribution in [0.2, 0.25) is 0 Å². The summed E-state index contributed by atoms with van der Waals surface area (Å²) in [5.41, 5.74) is 9.51. The Hall–Kier alpha value is -2.88. The van der Waals surface area contributed by atoms with E-state index in [1.165, 1.54) is 0 Å². The molecule has 3 N–H and O–H groups in total. The molecule has 1 heterocycles. The predicted octanol–water partition coefficient (Wildman–Crippen LogP) is 3.38. The lowest BCUT2D eigenvalue weighted by molar-refractivity contribution is 0.102. The van der Waals surface area contributed by atoms with Crippen LogP contribution in [0, 0.1) is 6.92 Å². The van der Waals surface area contributed by atoms with Crippen molar-refractivity contribution in [3.05, 3.63) is 65.9 Å². The van der Waals surface area contributed by atoms with Crippen molar-refractivity contribution < 1.29 is 4.79 Å². The third kappa shape index (κ3) is 2.56. The molecule has 3 rings (SSSR count). The van der Waals surface area contributed by atoms with E-state index in [9.17, 15) is 4.79 Å². The fourth-order valence-electron chi connectivity index (χ4n) is 2.31. The van der Waals surface area contributed by atoms with Gasteiger partial charge in [-0.15, -0.1) is 0 Å². The molecule has 104 valence electrons. The summed E-state index contributed by atoms with van der Waals surface area (Å²) in [7, 11) is 0. The molecule has 0 radical (unpaired) electrons. The summed E-state index contributed by atoms with van der Waals surface area (Å²) < 4.78 is 0. The monoisotopic (exact) mass is 277 g/mol. The van der Waals surface area contributed by atoms with Gasteiger partial charge in [0.1, 0.15) is 0 Å². The number of carbonyl (C=O) groups excluding carboxylic acids is 1. The van der Waals surface area contributed by atoms with Gasteiger partial charge in [0.2, 0.25) is 0 Å². The average molecular weight is 277 g/mol. The van der Waals surface area contributed by atoms with Gasteiger partial charge in [-0.25, -0.2) is 0 Å². The number of hydrogen-bond donors (Lipinski definition) is 2. The number of nitrogens with two attached hydrogens (primary N) is 1. The Balaban J connectivity index is 1.97. The van der Waals surface area contributed by atoms with Crippen LogP contribution in [0.15, 0.2) is 54.7 Å². The average Bonchev–Trinajstić information content (AvgIpc) is 2.49. The minimum atomic E-state index is -0.151. The molecule has 0 saturated heterocycles. The second-order valence-electron chi connectivity index (χ2n) is 4.90. The SMILES string of the molecule is Cc1cc(N)ccc1NC(=O)c1ccnc2ccccc12. The molecule has 4 nitrogen and oxygen atoms in total. The van der Waals surface area contributed by atoms with Gasteiger partial charge in [0, 0.05) is 23.0 Å². The maximum absolute atomic E-state index is 12.5. The van der Waals surface area contributed by atoms with Gasteiger partial charge in [-0.1, -0.05) is 18.2 Å². The van der Waals surface area contributed by atoms with Crippen LogP contribution in [-0.4, -0.2) is 10.9 Å². The normalized spacial score (nSPS) is 10.5. The molecule has 1 amide bonds. The van der Waals surface area contributed by atoms with E-state index < -0.39 is 0 Å². The van der Waals surface area contributed by atoms with Gasteiger partial charge in [0.15, 0.2) is 0 Å². The molecule has 0 fully saturated rings. The van der Waals surface area contributed by atoms with Gasteiger partial charge in [0.25, 0.3) is 5.91 Å². The van der Waals surface area contributed by atoms with Crippen LogP contribution in [-0.2, 0) is 0 Å². The second kappa shape index (κ2) is 5.25. The van der Waals surface area contributed by atoms with E-state index in [2.05, 4.69) is 10.3 Å². The Kier molecular flexibility index (Phi) is 3.28. The summed E-state index contributed by atoms with van der Waals surface area (Å²) in [5, 5.41) is 3.76. The number of fused-ring (bicyclic) bond motifs is 1. The third-order valence-electron chi connectivity index (χ3n) is 3.39. The number of anilines is 2. The highest BCUT2D eigenvalue weighted by atomic mass is 16.1. The smallest absolute Gasteiger partial charge is 0.256 e. The quantitative estimate of drug-likeness (QED) is 0.706. The molecule has 0 spiro atoms. The van der Waals surface area contributed by atoms with Gasteiger partial charge in [-0.2, -0.15) is 0 Å². The molecule has 1 aromatic heterocycles. The fourth-order valence-corrected chi connectivity index (χ4v) is 2.31. The van der Waals surface area contributed by atoms with E-state index in [1.54, 1.807) is 18.3 Å². The van der Waals surface area contributed by atoms with Crippen molar-refractivity contribution in [1.29, 1.82) is 0 Å². The fraction of sp³-hybridized carbons (Fsp3) is 0.0588. The third-order valence-corrected chi connectivity index (χ3v) is 3.39. The van der Waals surface area contributed by atoms with Crippen LogP contribution in [0.5, 0.6) is 0 Å². The number of para-hydroxylation sites is 1. The Morgan fingerprint density at radius 2 is 1.95 bits per heavy atom. The minimum absolute atomic E-state index is 0.151. The Morgan fingerprint density at radius 3 is 2.76 bits per heavy atom. The van der Waals surface area contributed by atoms with Gasteiger partial charge in [-0.3, -0.25) is 9.78 Å². The predicted molar refractivity (Wildman–Crippen MR) is 85.3 cm³/mol. The summed E-state index contributed by atoms with van der Waals surface area (Å²) in [6.45, 7) is 1.91. The first-order chi connectivity index (χ1) is 10.1. The zero-order valence-corrected chi connectivity index (χ0v) is 11.6. The number of aryl methyl sites for hydroxylation is 1. The minimum Gasteiger partial charge on any atom is -0.399 e. The number of rotatable bonds is 2. The van der Waals surface area contributed by atoms with Crippen molar-refractivity contribution in [2.45, 2.75) is 6.92 Å².